The normalized spacial score (nSPS) is 16.7. The number of nitrogens with zero attached hydrogens (tertiary/aromatic N) is 2. The summed E-state index contributed by atoms with van der Waals surface area (Å²) in [5.74, 6) is 0.977. The highest BCUT2D eigenvalue weighted by Gasteiger charge is 2.19. The highest BCUT2D eigenvalue weighted by atomic mass is 16.5. The van der Waals surface area contributed by atoms with Gasteiger partial charge in [-0.05, 0) is 25.0 Å². The molecule has 0 bridgehead atoms. The van der Waals surface area contributed by atoms with Gasteiger partial charge in [0.1, 0.15) is 12.4 Å². The lowest BCUT2D eigenvalue weighted by molar-refractivity contribution is -0.131. The van der Waals surface area contributed by atoms with Crippen LogP contribution in [0.15, 0.2) is 30.3 Å². The van der Waals surface area contributed by atoms with Gasteiger partial charge in [-0.3, -0.25) is 9.69 Å². The average molecular weight is 291 g/mol. The Morgan fingerprint density at radius 1 is 1.33 bits per heavy atom. The summed E-state index contributed by atoms with van der Waals surface area (Å²) < 4.78 is 5.61. The number of benzene rings is 1. The lowest BCUT2D eigenvalue weighted by atomic mass is 10.1. The molecule has 0 aliphatic carbocycles. The van der Waals surface area contributed by atoms with Gasteiger partial charge in [0.15, 0.2) is 0 Å². The molecule has 1 aromatic rings. The van der Waals surface area contributed by atoms with Crippen LogP contribution in [0.3, 0.4) is 0 Å². The summed E-state index contributed by atoms with van der Waals surface area (Å²) in [6, 6.07) is 9.95. The number of carbonyl (C=O) groups excluding carboxylic acids is 1. The van der Waals surface area contributed by atoms with Gasteiger partial charge < -0.3 is 15.4 Å². The van der Waals surface area contributed by atoms with E-state index in [4.69, 9.17) is 10.5 Å². The van der Waals surface area contributed by atoms with Crippen molar-refractivity contribution in [3.8, 4) is 5.75 Å². The molecule has 1 amide bonds. The fourth-order valence-corrected chi connectivity index (χ4v) is 2.36. The molecule has 1 fully saturated rings. The molecular formula is C16H25N3O2. The van der Waals surface area contributed by atoms with E-state index >= 15 is 0 Å². The molecule has 116 valence electrons. The number of likely N-dealkylation sites (N-methyl/N-ethyl adjacent to an activating group) is 1. The van der Waals surface area contributed by atoms with Crippen LogP contribution >= 0.6 is 0 Å². The SMILES string of the molecule is CN(CCOc1ccccc1)C(=O)CN1CCC(N)CC1. The smallest absolute Gasteiger partial charge is 0.236 e. The van der Waals surface area contributed by atoms with Crippen LogP contribution in [0.4, 0.5) is 0 Å². The molecule has 5 nitrogen and oxygen atoms in total. The first-order valence-electron chi connectivity index (χ1n) is 7.55. The summed E-state index contributed by atoms with van der Waals surface area (Å²) in [6.07, 6.45) is 1.96. The average Bonchev–Trinajstić information content (AvgIpc) is 2.50. The Bertz CT molecular complexity index is 430. The third-order valence-corrected chi connectivity index (χ3v) is 3.86. The third-order valence-electron chi connectivity index (χ3n) is 3.86. The number of hydrogen-bond acceptors (Lipinski definition) is 4. The Kier molecular flexibility index (Phi) is 6.02. The van der Waals surface area contributed by atoms with E-state index < -0.39 is 0 Å². The van der Waals surface area contributed by atoms with Gasteiger partial charge >= 0.3 is 0 Å². The van der Waals surface area contributed by atoms with E-state index in [-0.39, 0.29) is 5.91 Å². The van der Waals surface area contributed by atoms with Crippen molar-refractivity contribution in [3.05, 3.63) is 30.3 Å². The van der Waals surface area contributed by atoms with E-state index in [0.717, 1.165) is 31.7 Å². The Balaban J connectivity index is 1.65. The molecule has 0 atom stereocenters. The van der Waals surface area contributed by atoms with E-state index in [0.29, 0.717) is 25.7 Å². The molecule has 1 heterocycles. The lowest BCUT2D eigenvalue weighted by Gasteiger charge is -2.30. The van der Waals surface area contributed by atoms with Gasteiger partial charge in [-0.15, -0.1) is 0 Å². The maximum atomic E-state index is 12.1. The van der Waals surface area contributed by atoms with Crippen LogP contribution < -0.4 is 10.5 Å². The predicted octanol–water partition coefficient (Wildman–Crippen LogP) is 0.947. The number of piperidine rings is 1. The molecule has 1 aromatic carbocycles. The maximum absolute atomic E-state index is 12.1. The minimum Gasteiger partial charge on any atom is -0.492 e. The topological polar surface area (TPSA) is 58.8 Å². The van der Waals surface area contributed by atoms with Crippen LogP contribution in [0.2, 0.25) is 0 Å². The van der Waals surface area contributed by atoms with Crippen molar-refractivity contribution in [1.82, 2.24) is 9.80 Å². The number of ether oxygens (including phenoxy) is 1. The molecule has 1 saturated heterocycles. The molecule has 1 aliphatic rings. The van der Waals surface area contributed by atoms with Crippen LogP contribution in [-0.4, -0.2) is 61.6 Å². The molecular weight excluding hydrogens is 266 g/mol. The van der Waals surface area contributed by atoms with Crippen molar-refractivity contribution in [2.75, 3.05) is 39.8 Å². The third kappa shape index (κ3) is 5.36. The monoisotopic (exact) mass is 291 g/mol. The number of likely N-dealkylation sites (tertiary alicyclic amines) is 1. The Hall–Kier alpha value is -1.59. The van der Waals surface area contributed by atoms with Crippen LogP contribution in [-0.2, 0) is 4.79 Å². The zero-order valence-corrected chi connectivity index (χ0v) is 12.7. The number of nitrogens with two attached hydrogens (primary N) is 1. The number of amides is 1. The summed E-state index contributed by atoms with van der Waals surface area (Å²) in [6.45, 7) is 3.43. The highest BCUT2D eigenvalue weighted by Crippen LogP contribution is 2.09. The molecule has 21 heavy (non-hydrogen) atoms. The molecule has 0 saturated carbocycles. The van der Waals surface area contributed by atoms with E-state index in [1.807, 2.05) is 37.4 Å². The molecule has 2 N–H and O–H groups in total. The maximum Gasteiger partial charge on any atom is 0.236 e. The quantitative estimate of drug-likeness (QED) is 0.848. The minimum absolute atomic E-state index is 0.141. The van der Waals surface area contributed by atoms with Crippen LogP contribution in [0.25, 0.3) is 0 Å². The summed E-state index contributed by atoms with van der Waals surface area (Å²) in [5.41, 5.74) is 5.87. The predicted molar refractivity (Wildman–Crippen MR) is 83.2 cm³/mol. The van der Waals surface area contributed by atoms with E-state index in [9.17, 15) is 4.79 Å². The van der Waals surface area contributed by atoms with Gasteiger partial charge in [-0.25, -0.2) is 0 Å². The summed E-state index contributed by atoms with van der Waals surface area (Å²) >= 11 is 0. The van der Waals surface area contributed by atoms with Crippen LogP contribution in [0, 0.1) is 0 Å². The number of hydrogen-bond donors (Lipinski definition) is 1. The molecule has 0 aromatic heterocycles. The van der Waals surface area contributed by atoms with Crippen LogP contribution in [0.1, 0.15) is 12.8 Å². The highest BCUT2D eigenvalue weighted by molar-refractivity contribution is 5.78. The van der Waals surface area contributed by atoms with Crippen molar-refractivity contribution in [2.45, 2.75) is 18.9 Å². The van der Waals surface area contributed by atoms with Gasteiger partial charge in [0.25, 0.3) is 0 Å². The first-order valence-corrected chi connectivity index (χ1v) is 7.55. The van der Waals surface area contributed by atoms with E-state index in [2.05, 4.69) is 4.90 Å². The van der Waals surface area contributed by atoms with E-state index in [1.165, 1.54) is 0 Å². The number of carbonyl (C=O) groups is 1. The summed E-state index contributed by atoms with van der Waals surface area (Å²) in [7, 11) is 1.83. The van der Waals surface area contributed by atoms with Crippen molar-refractivity contribution < 1.29 is 9.53 Å². The van der Waals surface area contributed by atoms with Gasteiger partial charge in [-0.1, -0.05) is 18.2 Å². The zero-order valence-electron chi connectivity index (χ0n) is 12.7. The first-order chi connectivity index (χ1) is 10.1. The Morgan fingerprint density at radius 2 is 2.00 bits per heavy atom. The van der Waals surface area contributed by atoms with E-state index in [1.54, 1.807) is 4.90 Å². The second-order valence-corrected chi connectivity index (χ2v) is 5.59. The molecule has 0 radical (unpaired) electrons. The largest absolute Gasteiger partial charge is 0.492 e. The number of rotatable bonds is 6. The van der Waals surface area contributed by atoms with Crippen molar-refractivity contribution in [1.29, 1.82) is 0 Å². The van der Waals surface area contributed by atoms with Crippen molar-refractivity contribution in [3.63, 3.8) is 0 Å². The fourth-order valence-electron chi connectivity index (χ4n) is 2.36. The fraction of sp³-hybridized carbons (Fsp3) is 0.562. The second-order valence-electron chi connectivity index (χ2n) is 5.59. The summed E-state index contributed by atoms with van der Waals surface area (Å²) in [5, 5.41) is 0. The second kappa shape index (κ2) is 8.00. The minimum atomic E-state index is 0.141. The van der Waals surface area contributed by atoms with Crippen molar-refractivity contribution in [2.24, 2.45) is 5.73 Å². The molecule has 1 aliphatic heterocycles. The lowest BCUT2D eigenvalue weighted by Crippen LogP contribution is -2.45. The van der Waals surface area contributed by atoms with Gasteiger partial charge in [-0.2, -0.15) is 0 Å². The standard InChI is InChI=1S/C16H25N3O2/c1-18(11-12-21-15-5-3-2-4-6-15)16(20)13-19-9-7-14(17)8-10-19/h2-6,14H,7-13,17H2,1H3. The van der Waals surface area contributed by atoms with Gasteiger partial charge in [0.05, 0.1) is 13.1 Å². The molecule has 0 spiro atoms. The Labute approximate surface area is 126 Å². The summed E-state index contributed by atoms with van der Waals surface area (Å²) in [4.78, 5) is 16.0. The first kappa shape index (κ1) is 15.8. The zero-order chi connectivity index (χ0) is 15.1. The van der Waals surface area contributed by atoms with Gasteiger partial charge in [0.2, 0.25) is 5.91 Å². The number of para-hydroxylation sites is 1. The van der Waals surface area contributed by atoms with Crippen molar-refractivity contribution >= 4 is 5.91 Å². The molecule has 0 unspecified atom stereocenters. The van der Waals surface area contributed by atoms with Gasteiger partial charge in [0, 0.05) is 26.2 Å². The molecule has 2 rings (SSSR count). The van der Waals surface area contributed by atoms with Crippen LogP contribution in [0.5, 0.6) is 5.75 Å². The molecule has 5 heteroatoms. The Morgan fingerprint density at radius 3 is 2.67 bits per heavy atom.